The van der Waals surface area contributed by atoms with Gasteiger partial charge in [-0.25, -0.2) is 13.2 Å². The molecule has 1 aromatic heterocycles. The van der Waals surface area contributed by atoms with Crippen molar-refractivity contribution in [2.24, 2.45) is 7.05 Å². The van der Waals surface area contributed by atoms with Gasteiger partial charge in [-0.1, -0.05) is 12.1 Å². The maximum atomic E-state index is 13.8. The molecule has 13 nitrogen and oxygen atoms in total. The molecule has 0 atom stereocenters. The zero-order valence-corrected chi connectivity index (χ0v) is 25.0. The fourth-order valence-electron chi connectivity index (χ4n) is 5.11. The Morgan fingerprint density at radius 3 is 2.50 bits per heavy atom. The van der Waals surface area contributed by atoms with Gasteiger partial charge in [-0.05, 0) is 50.8 Å². The lowest BCUT2D eigenvalue weighted by Crippen LogP contribution is -2.52. The molecule has 0 radical (unpaired) electrons. The predicted octanol–water partition coefficient (Wildman–Crippen LogP) is 1.32. The highest BCUT2D eigenvalue weighted by Crippen LogP contribution is 2.49. The Kier molecular flexibility index (Phi) is 8.93. The summed E-state index contributed by atoms with van der Waals surface area (Å²) >= 11 is 0. The van der Waals surface area contributed by atoms with E-state index in [1.54, 1.807) is 50.1 Å². The molecule has 0 spiro atoms. The first-order valence-electron chi connectivity index (χ1n) is 13.6. The number of benzene rings is 1. The third-order valence-corrected chi connectivity index (χ3v) is 11.0. The molecule has 1 aromatic carbocycles. The molecule has 4 rings (SSSR count). The molecule has 42 heavy (non-hydrogen) atoms. The number of aryl methyl sites for hydroxylation is 1. The molecule has 1 saturated carbocycles. The third kappa shape index (κ3) is 6.12. The number of nitrogens with zero attached hydrogens (tertiary/aromatic N) is 4. The molecular weight excluding hydrogens is 564 g/mol. The summed E-state index contributed by atoms with van der Waals surface area (Å²) in [4.78, 5) is 39.3. The molecule has 1 aliphatic carbocycles. The average molecular weight is 601 g/mol. The molecule has 14 heteroatoms. The van der Waals surface area contributed by atoms with Gasteiger partial charge in [0, 0.05) is 39.3 Å². The van der Waals surface area contributed by atoms with E-state index in [0.29, 0.717) is 30.4 Å². The van der Waals surface area contributed by atoms with Crippen molar-refractivity contribution in [1.29, 1.82) is 5.26 Å². The minimum Gasteiger partial charge on any atom is -0.447 e. The minimum absolute atomic E-state index is 0.00823. The molecule has 0 unspecified atom stereocenters. The maximum Gasteiger partial charge on any atom is 0.406 e. The van der Waals surface area contributed by atoms with Crippen LogP contribution >= 0.6 is 0 Å². The number of ether oxygens (including phenoxy) is 2. The van der Waals surface area contributed by atoms with Gasteiger partial charge in [-0.2, -0.15) is 10.4 Å². The molecular formula is C28H36N6O7S. The van der Waals surface area contributed by atoms with Gasteiger partial charge in [-0.15, -0.1) is 0 Å². The summed E-state index contributed by atoms with van der Waals surface area (Å²) in [5.41, 5.74) is 2.32. The van der Waals surface area contributed by atoms with Gasteiger partial charge in [-0.3, -0.25) is 14.3 Å². The van der Waals surface area contributed by atoms with Gasteiger partial charge in [0.1, 0.15) is 12.3 Å². The van der Waals surface area contributed by atoms with Crippen LogP contribution in [-0.2, 0) is 39.3 Å². The monoisotopic (exact) mass is 600 g/mol. The molecule has 2 heterocycles. The first kappa shape index (κ1) is 31.0. The van der Waals surface area contributed by atoms with Gasteiger partial charge in [0.2, 0.25) is 0 Å². The SMILES string of the molecule is CNC(=O)OCCOCC(C)(C)S(=O)(=O)C1(CN2CCc3c(C(=O)NCc4ccc(C#N)cc4)nn(C)c3C2=O)CC1. The fourth-order valence-corrected chi connectivity index (χ4v) is 7.49. The number of nitriles is 1. The largest absolute Gasteiger partial charge is 0.447 e. The van der Waals surface area contributed by atoms with E-state index in [2.05, 4.69) is 15.7 Å². The molecule has 226 valence electrons. The van der Waals surface area contributed by atoms with Crippen molar-refractivity contribution in [1.82, 2.24) is 25.3 Å². The smallest absolute Gasteiger partial charge is 0.406 e. The highest BCUT2D eigenvalue weighted by molar-refractivity contribution is 7.94. The average Bonchev–Trinajstić information content (AvgIpc) is 3.68. The Hall–Kier alpha value is -3.96. The summed E-state index contributed by atoms with van der Waals surface area (Å²) in [7, 11) is -0.705. The first-order chi connectivity index (χ1) is 19.9. The molecule has 2 N–H and O–H groups in total. The van der Waals surface area contributed by atoms with Crippen LogP contribution in [0.5, 0.6) is 0 Å². The van der Waals surface area contributed by atoms with E-state index < -0.39 is 31.3 Å². The number of carbonyl (C=O) groups is 3. The predicted molar refractivity (Wildman–Crippen MR) is 151 cm³/mol. The Bertz CT molecular complexity index is 1500. The summed E-state index contributed by atoms with van der Waals surface area (Å²) in [6, 6.07) is 8.90. The van der Waals surface area contributed by atoms with Crippen molar-refractivity contribution in [3.63, 3.8) is 0 Å². The van der Waals surface area contributed by atoms with E-state index >= 15 is 0 Å². The quantitative estimate of drug-likeness (QED) is 0.341. The Morgan fingerprint density at radius 1 is 1.19 bits per heavy atom. The zero-order valence-electron chi connectivity index (χ0n) is 24.2. The minimum atomic E-state index is -3.74. The van der Waals surface area contributed by atoms with E-state index in [0.717, 1.165) is 5.56 Å². The van der Waals surface area contributed by atoms with Gasteiger partial charge >= 0.3 is 6.09 Å². The molecule has 0 bridgehead atoms. The summed E-state index contributed by atoms with van der Waals surface area (Å²) in [6.07, 6.45) is 0.636. The molecule has 1 fully saturated rings. The number of hydrogen-bond donors (Lipinski definition) is 2. The van der Waals surface area contributed by atoms with Crippen LogP contribution in [0.25, 0.3) is 0 Å². The second kappa shape index (κ2) is 12.1. The normalized spacial score (nSPS) is 15.9. The Morgan fingerprint density at radius 2 is 1.88 bits per heavy atom. The molecule has 2 aliphatic rings. The summed E-state index contributed by atoms with van der Waals surface area (Å²) in [6.45, 7) is 3.69. The van der Waals surface area contributed by atoms with Gasteiger partial charge < -0.3 is 25.0 Å². The lowest BCUT2D eigenvalue weighted by atomic mass is 10.0. The van der Waals surface area contributed by atoms with E-state index in [-0.39, 0.29) is 56.7 Å². The summed E-state index contributed by atoms with van der Waals surface area (Å²) < 4.78 is 37.0. The van der Waals surface area contributed by atoms with Crippen molar-refractivity contribution < 1.29 is 32.3 Å². The number of nitrogens with one attached hydrogen (secondary N) is 2. The highest BCUT2D eigenvalue weighted by atomic mass is 32.2. The number of carbonyl (C=O) groups excluding carboxylic acids is 3. The zero-order chi connectivity index (χ0) is 30.7. The number of fused-ring (bicyclic) bond motifs is 1. The topological polar surface area (TPSA) is 173 Å². The van der Waals surface area contributed by atoms with Crippen molar-refractivity contribution in [3.8, 4) is 6.07 Å². The van der Waals surface area contributed by atoms with Crippen LogP contribution in [0.4, 0.5) is 4.79 Å². The maximum absolute atomic E-state index is 13.8. The van der Waals surface area contributed by atoms with Crippen LogP contribution in [0.2, 0.25) is 0 Å². The standard InChI is InChI=1S/C28H36N6O7S/c1-27(2,18-40-13-14-41-26(37)30-3)42(38,39)28(10-11-28)17-34-12-9-21-22(32-33(4)23(21)25(34)36)24(35)31-16-20-7-5-19(15-29)6-8-20/h5-8H,9-14,16-18H2,1-4H3,(H,30,37)(H,31,35). The van der Waals surface area contributed by atoms with Gasteiger partial charge in [0.15, 0.2) is 15.5 Å². The summed E-state index contributed by atoms with van der Waals surface area (Å²) in [5, 5.41) is 18.4. The molecule has 2 aromatic rings. The number of sulfone groups is 1. The molecule has 0 saturated heterocycles. The molecule has 3 amide bonds. The second-order valence-electron chi connectivity index (χ2n) is 11.2. The Labute approximate surface area is 245 Å². The fraction of sp³-hybridized carbons (Fsp3) is 0.536. The van der Waals surface area contributed by atoms with Crippen molar-refractivity contribution in [2.75, 3.05) is 40.0 Å². The van der Waals surface area contributed by atoms with Crippen LogP contribution in [0.1, 0.15) is 64.4 Å². The number of aromatic nitrogens is 2. The van der Waals surface area contributed by atoms with Crippen LogP contribution in [0.15, 0.2) is 24.3 Å². The number of hydrogen-bond acceptors (Lipinski definition) is 9. The van der Waals surface area contributed by atoms with Gasteiger partial charge in [0.05, 0.1) is 34.3 Å². The van der Waals surface area contributed by atoms with Crippen molar-refractivity contribution in [3.05, 3.63) is 52.3 Å². The third-order valence-electron chi connectivity index (χ3n) is 7.72. The second-order valence-corrected chi connectivity index (χ2v) is 14.1. The lowest BCUT2D eigenvalue weighted by molar-refractivity contribution is 0.0645. The lowest BCUT2D eigenvalue weighted by Gasteiger charge is -2.35. The van der Waals surface area contributed by atoms with E-state index in [4.69, 9.17) is 14.7 Å². The van der Waals surface area contributed by atoms with E-state index in [1.807, 2.05) is 6.07 Å². The van der Waals surface area contributed by atoms with Crippen molar-refractivity contribution in [2.45, 2.75) is 49.1 Å². The first-order valence-corrected chi connectivity index (χ1v) is 15.1. The number of alkyl carbamates (subject to hydrolysis) is 1. The van der Waals surface area contributed by atoms with Crippen LogP contribution in [0, 0.1) is 11.3 Å². The van der Waals surface area contributed by atoms with Gasteiger partial charge in [0.25, 0.3) is 11.8 Å². The van der Waals surface area contributed by atoms with Crippen molar-refractivity contribution >= 4 is 27.7 Å². The summed E-state index contributed by atoms with van der Waals surface area (Å²) in [5.74, 6) is -0.777. The Balaban J connectivity index is 1.40. The van der Waals surface area contributed by atoms with Crippen LogP contribution in [0.3, 0.4) is 0 Å². The van der Waals surface area contributed by atoms with Crippen LogP contribution < -0.4 is 10.6 Å². The van der Waals surface area contributed by atoms with Crippen LogP contribution in [-0.4, -0.2) is 90.5 Å². The van der Waals surface area contributed by atoms with E-state index in [1.165, 1.54) is 11.7 Å². The number of amides is 3. The number of rotatable bonds is 12. The van der Waals surface area contributed by atoms with E-state index in [9.17, 15) is 22.8 Å². The highest BCUT2D eigenvalue weighted by Gasteiger charge is 2.61. The molecule has 1 aliphatic heterocycles.